The van der Waals surface area contributed by atoms with Crippen molar-refractivity contribution < 1.29 is 14.9 Å². The molecule has 3 heterocycles. The van der Waals surface area contributed by atoms with Crippen molar-refractivity contribution in [3.05, 3.63) is 12.7 Å². The SMILES string of the molecule is Nc1ncnc2c1ncn2[C@@H]1O[C@H](C[As])[C@@H](O)[C@H]1O. The Bertz CT molecular complexity index is 606. The van der Waals surface area contributed by atoms with Crippen molar-refractivity contribution >= 4 is 33.8 Å². The van der Waals surface area contributed by atoms with E-state index in [0.717, 1.165) is 0 Å². The van der Waals surface area contributed by atoms with Crippen LogP contribution in [0.1, 0.15) is 6.23 Å². The second kappa shape index (κ2) is 4.72. The van der Waals surface area contributed by atoms with Gasteiger partial charge < -0.3 is 0 Å². The Kier molecular flexibility index (Phi) is 3.18. The van der Waals surface area contributed by atoms with E-state index in [0.29, 0.717) is 16.4 Å². The molecule has 100 valence electrons. The molecule has 3 rings (SSSR count). The number of ether oxygens (including phenoxy) is 1. The van der Waals surface area contributed by atoms with Crippen LogP contribution < -0.4 is 5.73 Å². The molecule has 4 atom stereocenters. The number of aliphatic hydroxyl groups excluding tert-OH is 2. The molecule has 9 heteroatoms. The molecule has 1 aliphatic rings. The third-order valence-electron chi connectivity index (χ3n) is 3.18. The third kappa shape index (κ3) is 1.91. The Labute approximate surface area is 117 Å². The van der Waals surface area contributed by atoms with Crippen LogP contribution in [0.2, 0.25) is 5.21 Å². The number of hydrogen-bond acceptors (Lipinski definition) is 7. The van der Waals surface area contributed by atoms with Crippen LogP contribution >= 0.6 is 0 Å². The van der Waals surface area contributed by atoms with Gasteiger partial charge in [-0.15, -0.1) is 0 Å². The summed E-state index contributed by atoms with van der Waals surface area (Å²) in [6.45, 7) is 0. The first-order chi connectivity index (χ1) is 9.13. The van der Waals surface area contributed by atoms with Gasteiger partial charge in [-0.1, -0.05) is 0 Å². The zero-order valence-corrected chi connectivity index (χ0v) is 11.7. The van der Waals surface area contributed by atoms with Gasteiger partial charge in [0, 0.05) is 0 Å². The quantitative estimate of drug-likeness (QED) is 0.582. The van der Waals surface area contributed by atoms with E-state index in [1.807, 2.05) is 0 Å². The molecular formula is C10H12AsN5O3. The molecule has 2 aromatic heterocycles. The van der Waals surface area contributed by atoms with Crippen molar-refractivity contribution in [3.8, 4) is 0 Å². The molecule has 4 N–H and O–H groups in total. The van der Waals surface area contributed by atoms with Crippen molar-refractivity contribution in [2.24, 2.45) is 0 Å². The van der Waals surface area contributed by atoms with E-state index in [-0.39, 0.29) is 5.82 Å². The molecule has 19 heavy (non-hydrogen) atoms. The summed E-state index contributed by atoms with van der Waals surface area (Å²) in [6, 6.07) is 0. The maximum absolute atomic E-state index is 10.1. The first-order valence-electron chi connectivity index (χ1n) is 5.69. The summed E-state index contributed by atoms with van der Waals surface area (Å²) in [5.74, 6) is 0.264. The molecule has 0 amide bonds. The summed E-state index contributed by atoms with van der Waals surface area (Å²) in [5, 5.41) is 20.5. The Morgan fingerprint density at radius 2 is 2.11 bits per heavy atom. The molecule has 2 radical (unpaired) electrons. The summed E-state index contributed by atoms with van der Waals surface area (Å²) in [6.07, 6.45) is -0.349. The van der Waals surface area contributed by atoms with Crippen LogP contribution in [0.4, 0.5) is 5.82 Å². The van der Waals surface area contributed by atoms with Gasteiger partial charge in [-0.25, -0.2) is 0 Å². The number of anilines is 1. The second-order valence-corrected chi connectivity index (χ2v) is 5.08. The number of aromatic nitrogens is 4. The molecule has 1 fully saturated rings. The Balaban J connectivity index is 2.04. The molecule has 8 nitrogen and oxygen atoms in total. The molecule has 0 aromatic carbocycles. The molecule has 0 spiro atoms. The number of rotatable bonds is 2. The number of aliphatic hydroxyl groups is 2. The summed E-state index contributed by atoms with van der Waals surface area (Å²) in [5.41, 5.74) is 6.62. The number of nitrogen functional groups attached to an aromatic ring is 1. The third-order valence-corrected chi connectivity index (χ3v) is 3.93. The molecule has 1 saturated heterocycles. The summed E-state index contributed by atoms with van der Waals surface area (Å²) < 4.78 is 7.19. The van der Waals surface area contributed by atoms with Gasteiger partial charge in [0.25, 0.3) is 0 Å². The van der Waals surface area contributed by atoms with Gasteiger partial charge in [0.05, 0.1) is 0 Å². The number of hydrogen-bond donors (Lipinski definition) is 3. The minimum atomic E-state index is -1.04. The van der Waals surface area contributed by atoms with E-state index >= 15 is 0 Å². The Morgan fingerprint density at radius 3 is 2.79 bits per heavy atom. The minimum absolute atomic E-state index is 0.264. The van der Waals surface area contributed by atoms with E-state index in [4.69, 9.17) is 10.5 Å². The summed E-state index contributed by atoms with van der Waals surface area (Å²) >= 11 is 2.33. The van der Waals surface area contributed by atoms with Gasteiger partial charge in [0.15, 0.2) is 0 Å². The maximum atomic E-state index is 10.1. The molecular weight excluding hydrogens is 313 g/mol. The van der Waals surface area contributed by atoms with Crippen LogP contribution in [0.15, 0.2) is 12.7 Å². The van der Waals surface area contributed by atoms with Crippen LogP contribution in [0.25, 0.3) is 11.2 Å². The van der Waals surface area contributed by atoms with Crippen molar-refractivity contribution in [2.45, 2.75) is 29.7 Å². The molecule has 0 unspecified atom stereocenters. The average molecular weight is 325 g/mol. The van der Waals surface area contributed by atoms with Crippen molar-refractivity contribution in [1.29, 1.82) is 0 Å². The zero-order valence-electron chi connectivity index (χ0n) is 9.79. The second-order valence-electron chi connectivity index (χ2n) is 4.31. The van der Waals surface area contributed by atoms with E-state index < -0.39 is 24.5 Å². The topological polar surface area (TPSA) is 119 Å². The predicted octanol–water partition coefficient (Wildman–Crippen LogP) is -1.39. The van der Waals surface area contributed by atoms with Crippen LogP contribution in [0.3, 0.4) is 0 Å². The van der Waals surface area contributed by atoms with E-state index in [2.05, 4.69) is 31.8 Å². The molecule has 0 aliphatic carbocycles. The van der Waals surface area contributed by atoms with Gasteiger partial charge in [0.1, 0.15) is 0 Å². The summed E-state index contributed by atoms with van der Waals surface area (Å²) in [4.78, 5) is 12.0. The van der Waals surface area contributed by atoms with Crippen LogP contribution in [-0.2, 0) is 4.74 Å². The summed E-state index contributed by atoms with van der Waals surface area (Å²) in [7, 11) is 0. The first kappa shape index (κ1) is 12.8. The fraction of sp³-hybridized carbons (Fsp3) is 0.500. The monoisotopic (exact) mass is 325 g/mol. The van der Waals surface area contributed by atoms with Gasteiger partial charge in [-0.2, -0.15) is 0 Å². The molecule has 2 aromatic rings. The normalized spacial score (nSPS) is 31.1. The van der Waals surface area contributed by atoms with Gasteiger partial charge in [-0.05, 0) is 0 Å². The van der Waals surface area contributed by atoms with Crippen molar-refractivity contribution in [2.75, 3.05) is 5.73 Å². The number of nitrogens with zero attached hydrogens (tertiary/aromatic N) is 4. The number of imidazole rings is 1. The van der Waals surface area contributed by atoms with Crippen LogP contribution in [0, 0.1) is 0 Å². The molecule has 0 saturated carbocycles. The van der Waals surface area contributed by atoms with Gasteiger partial charge in [0.2, 0.25) is 0 Å². The fourth-order valence-corrected chi connectivity index (χ4v) is 2.80. The predicted molar refractivity (Wildman–Crippen MR) is 66.2 cm³/mol. The Morgan fingerprint density at radius 1 is 1.32 bits per heavy atom. The van der Waals surface area contributed by atoms with E-state index in [1.165, 1.54) is 12.7 Å². The van der Waals surface area contributed by atoms with Crippen molar-refractivity contribution in [1.82, 2.24) is 19.5 Å². The zero-order chi connectivity index (χ0) is 13.6. The molecule has 0 bridgehead atoms. The number of nitrogens with two attached hydrogens (primary N) is 1. The standard InChI is InChI=1S/C10H12AsN5O3/c11-1-4-6(17)7(18)10(19-4)16-3-15-5-8(12)13-2-14-9(5)16/h2-4,6-7,10,17-18H,1H2,(H2,12,13,14)/t4-,6-,7-,10-/m1/s1. The average Bonchev–Trinajstić information content (AvgIpc) is 2.94. The number of fused-ring (bicyclic) bond motifs is 1. The van der Waals surface area contributed by atoms with Gasteiger partial charge in [-0.3, -0.25) is 0 Å². The van der Waals surface area contributed by atoms with Crippen LogP contribution in [-0.4, -0.2) is 64.9 Å². The Hall–Kier alpha value is -1.21. The van der Waals surface area contributed by atoms with E-state index in [9.17, 15) is 10.2 Å². The molecule has 1 aliphatic heterocycles. The van der Waals surface area contributed by atoms with Crippen LogP contribution in [0.5, 0.6) is 0 Å². The van der Waals surface area contributed by atoms with Crippen molar-refractivity contribution in [3.63, 3.8) is 0 Å². The first-order valence-corrected chi connectivity index (χ1v) is 7.01. The van der Waals surface area contributed by atoms with Gasteiger partial charge >= 0.3 is 116 Å². The van der Waals surface area contributed by atoms with E-state index in [1.54, 1.807) is 4.57 Å². The fourth-order valence-electron chi connectivity index (χ4n) is 2.17.